The average molecular weight is 253 g/mol. The Kier molecular flexibility index (Phi) is 4.80. The zero-order chi connectivity index (χ0) is 12.9. The fourth-order valence-corrected chi connectivity index (χ4v) is 1.53. The Morgan fingerprint density at radius 2 is 2.24 bits per heavy atom. The highest BCUT2D eigenvalue weighted by atomic mass is 35.5. The van der Waals surface area contributed by atoms with Gasteiger partial charge in [-0.1, -0.05) is 25.4 Å². The Morgan fingerprint density at radius 1 is 1.53 bits per heavy atom. The van der Waals surface area contributed by atoms with Gasteiger partial charge in [-0.3, -0.25) is 0 Å². The van der Waals surface area contributed by atoms with Crippen molar-refractivity contribution in [3.05, 3.63) is 28.8 Å². The molecule has 1 aromatic rings. The number of aliphatic hydroxyl groups excluding tert-OH is 1. The van der Waals surface area contributed by atoms with E-state index in [1.807, 2.05) is 13.8 Å². The van der Waals surface area contributed by atoms with Gasteiger partial charge in [0, 0.05) is 17.0 Å². The van der Waals surface area contributed by atoms with Crippen LogP contribution in [0.5, 0.6) is 0 Å². The maximum Gasteiger partial charge on any atom is 0.101 e. The number of hydrogen-bond acceptors (Lipinski definition) is 3. The van der Waals surface area contributed by atoms with E-state index in [9.17, 15) is 5.11 Å². The highest BCUT2D eigenvalue weighted by molar-refractivity contribution is 6.30. The molecule has 1 rings (SSSR count). The Hall–Kier alpha value is -1.24. The third kappa shape index (κ3) is 3.62. The van der Waals surface area contributed by atoms with Crippen LogP contribution in [0.25, 0.3) is 0 Å². The predicted octanol–water partition coefficient (Wildman–Crippen LogP) is 3.03. The minimum atomic E-state index is -0.185. The molecule has 0 aliphatic rings. The molecule has 0 aliphatic carbocycles. The largest absolute Gasteiger partial charge is 0.396 e. The van der Waals surface area contributed by atoms with Crippen LogP contribution >= 0.6 is 11.6 Å². The van der Waals surface area contributed by atoms with Crippen LogP contribution in [0.3, 0.4) is 0 Å². The summed E-state index contributed by atoms with van der Waals surface area (Å²) in [5.74, 6) is 0. The molecule has 1 atom stereocenters. The van der Waals surface area contributed by atoms with Gasteiger partial charge in [-0.25, -0.2) is 0 Å². The van der Waals surface area contributed by atoms with E-state index >= 15 is 0 Å². The summed E-state index contributed by atoms with van der Waals surface area (Å²) >= 11 is 5.89. The van der Waals surface area contributed by atoms with Crippen LogP contribution in [0, 0.1) is 16.7 Å². The second kappa shape index (κ2) is 5.90. The van der Waals surface area contributed by atoms with E-state index in [1.165, 1.54) is 0 Å². The Morgan fingerprint density at radius 3 is 2.76 bits per heavy atom. The molecule has 92 valence electrons. The van der Waals surface area contributed by atoms with E-state index in [4.69, 9.17) is 16.9 Å². The molecule has 0 aromatic heterocycles. The molecule has 17 heavy (non-hydrogen) atoms. The Bertz CT molecular complexity index is 422. The highest BCUT2D eigenvalue weighted by Crippen LogP contribution is 2.24. The second-order valence-electron chi connectivity index (χ2n) is 4.48. The van der Waals surface area contributed by atoms with Gasteiger partial charge in [-0.2, -0.15) is 5.26 Å². The number of hydrogen-bond donors (Lipinski definition) is 2. The number of nitriles is 1. The molecule has 1 unspecified atom stereocenters. The van der Waals surface area contributed by atoms with Crippen LogP contribution in [0.4, 0.5) is 5.69 Å². The van der Waals surface area contributed by atoms with Gasteiger partial charge in [-0.05, 0) is 24.6 Å². The third-order valence-corrected chi connectivity index (χ3v) is 3.28. The van der Waals surface area contributed by atoms with Crippen LogP contribution in [0.2, 0.25) is 5.02 Å². The molecular formula is C13H17ClN2O. The molecule has 3 nitrogen and oxygen atoms in total. The summed E-state index contributed by atoms with van der Waals surface area (Å²) in [7, 11) is 0. The molecule has 0 bridgehead atoms. The number of anilines is 1. The molecule has 1 aromatic carbocycles. The quantitative estimate of drug-likeness (QED) is 0.847. The first-order valence-corrected chi connectivity index (χ1v) is 5.97. The number of nitrogens with zero attached hydrogens (tertiary/aromatic N) is 1. The van der Waals surface area contributed by atoms with Gasteiger partial charge in [0.2, 0.25) is 0 Å². The highest BCUT2D eigenvalue weighted by Gasteiger charge is 2.21. The summed E-state index contributed by atoms with van der Waals surface area (Å²) in [6, 6.07) is 7.22. The Balaban J connectivity index is 2.82. The number of rotatable bonds is 5. The molecule has 0 heterocycles. The van der Waals surface area contributed by atoms with Gasteiger partial charge in [-0.15, -0.1) is 0 Å². The van der Waals surface area contributed by atoms with Gasteiger partial charge in [0.1, 0.15) is 6.07 Å². The minimum absolute atomic E-state index is 0.110. The molecule has 0 spiro atoms. The first-order valence-electron chi connectivity index (χ1n) is 5.59. The second-order valence-corrected chi connectivity index (χ2v) is 4.91. The van der Waals surface area contributed by atoms with Crippen molar-refractivity contribution in [2.45, 2.75) is 20.3 Å². The molecule has 2 N–H and O–H groups in total. The van der Waals surface area contributed by atoms with E-state index in [1.54, 1.807) is 18.2 Å². The van der Waals surface area contributed by atoms with Crippen molar-refractivity contribution in [1.29, 1.82) is 5.26 Å². The summed E-state index contributed by atoms with van der Waals surface area (Å²) in [5, 5.41) is 22.1. The van der Waals surface area contributed by atoms with Gasteiger partial charge in [0.25, 0.3) is 0 Å². The fraction of sp³-hybridized carbons (Fsp3) is 0.462. The molecule has 0 radical (unpaired) electrons. The molecule has 4 heteroatoms. The van der Waals surface area contributed by atoms with Crippen LogP contribution in [0.1, 0.15) is 25.8 Å². The van der Waals surface area contributed by atoms with Gasteiger partial charge in [0.15, 0.2) is 0 Å². The van der Waals surface area contributed by atoms with Crippen molar-refractivity contribution in [2.24, 2.45) is 5.41 Å². The first-order chi connectivity index (χ1) is 8.04. The SMILES string of the molecule is CCC(C)(CO)CNc1cc(Cl)ccc1C#N. The Labute approximate surface area is 107 Å². The number of aliphatic hydroxyl groups is 1. The lowest BCUT2D eigenvalue weighted by atomic mass is 9.88. The van der Waals surface area contributed by atoms with E-state index < -0.39 is 0 Å². The zero-order valence-electron chi connectivity index (χ0n) is 10.1. The molecular weight excluding hydrogens is 236 g/mol. The smallest absolute Gasteiger partial charge is 0.101 e. The van der Waals surface area contributed by atoms with Gasteiger partial charge < -0.3 is 10.4 Å². The summed E-state index contributed by atoms with van der Waals surface area (Å²) in [6.07, 6.45) is 0.860. The molecule has 0 amide bonds. The lowest BCUT2D eigenvalue weighted by molar-refractivity contribution is 0.149. The van der Waals surface area contributed by atoms with E-state index in [2.05, 4.69) is 11.4 Å². The monoisotopic (exact) mass is 252 g/mol. The summed E-state index contributed by atoms with van der Waals surface area (Å²) < 4.78 is 0. The van der Waals surface area contributed by atoms with Crippen LogP contribution in [-0.4, -0.2) is 18.3 Å². The van der Waals surface area contributed by atoms with Crippen LogP contribution < -0.4 is 5.32 Å². The topological polar surface area (TPSA) is 56.0 Å². The number of halogens is 1. The van der Waals surface area contributed by atoms with Crippen molar-refractivity contribution in [1.82, 2.24) is 0 Å². The first kappa shape index (κ1) is 13.8. The standard InChI is InChI=1S/C13H17ClN2O/c1-3-13(2,9-17)8-16-12-6-11(14)5-4-10(12)7-15/h4-6,16-17H,3,8-9H2,1-2H3. The van der Waals surface area contributed by atoms with Crippen molar-refractivity contribution < 1.29 is 5.11 Å². The van der Waals surface area contributed by atoms with Crippen molar-refractivity contribution >= 4 is 17.3 Å². The third-order valence-electron chi connectivity index (χ3n) is 3.04. The average Bonchev–Trinajstić information content (AvgIpc) is 2.36. The molecule has 0 saturated heterocycles. The van der Waals surface area contributed by atoms with Crippen molar-refractivity contribution in [3.8, 4) is 6.07 Å². The summed E-state index contributed by atoms with van der Waals surface area (Å²) in [6.45, 7) is 4.74. The maximum atomic E-state index is 9.31. The zero-order valence-corrected chi connectivity index (χ0v) is 10.9. The van der Waals surface area contributed by atoms with Crippen LogP contribution in [-0.2, 0) is 0 Å². The molecule has 0 aliphatic heterocycles. The lowest BCUT2D eigenvalue weighted by Crippen LogP contribution is -2.29. The van der Waals surface area contributed by atoms with E-state index in [0.717, 1.165) is 6.42 Å². The normalized spacial score (nSPS) is 13.8. The number of nitrogens with one attached hydrogen (secondary N) is 1. The summed E-state index contributed by atoms with van der Waals surface area (Å²) in [5.41, 5.74) is 1.09. The molecule has 0 fully saturated rings. The van der Waals surface area contributed by atoms with Gasteiger partial charge >= 0.3 is 0 Å². The fourth-order valence-electron chi connectivity index (χ4n) is 1.36. The molecule has 0 saturated carbocycles. The predicted molar refractivity (Wildman–Crippen MR) is 70.1 cm³/mol. The minimum Gasteiger partial charge on any atom is -0.396 e. The lowest BCUT2D eigenvalue weighted by Gasteiger charge is -2.26. The van der Waals surface area contributed by atoms with E-state index in [-0.39, 0.29) is 12.0 Å². The number of benzene rings is 1. The maximum absolute atomic E-state index is 9.31. The van der Waals surface area contributed by atoms with E-state index in [0.29, 0.717) is 22.8 Å². The van der Waals surface area contributed by atoms with Crippen molar-refractivity contribution in [2.75, 3.05) is 18.5 Å². The van der Waals surface area contributed by atoms with Gasteiger partial charge in [0.05, 0.1) is 17.9 Å². The van der Waals surface area contributed by atoms with Crippen LogP contribution in [0.15, 0.2) is 18.2 Å². The summed E-state index contributed by atoms with van der Waals surface area (Å²) in [4.78, 5) is 0. The van der Waals surface area contributed by atoms with Crippen molar-refractivity contribution in [3.63, 3.8) is 0 Å².